The van der Waals surface area contributed by atoms with Gasteiger partial charge in [0.2, 0.25) is 0 Å². The largest absolute Gasteiger partial charge is 0.466 e. The molecule has 0 aliphatic heterocycles. The Morgan fingerprint density at radius 3 is 2.42 bits per heavy atom. The van der Waals surface area contributed by atoms with Crippen molar-refractivity contribution in [1.82, 2.24) is 5.48 Å². The second-order valence-electron chi connectivity index (χ2n) is 5.03. The SMILES string of the molecule is CCOC(=O)CCNOC(=O)C1(CC)CCCCC1. The first-order valence-corrected chi connectivity index (χ1v) is 7.24. The molecule has 0 bridgehead atoms. The minimum atomic E-state index is -0.324. The smallest absolute Gasteiger partial charge is 0.330 e. The van der Waals surface area contributed by atoms with Gasteiger partial charge in [0, 0.05) is 6.54 Å². The van der Waals surface area contributed by atoms with Crippen LogP contribution in [0, 0.1) is 5.41 Å². The first-order valence-electron chi connectivity index (χ1n) is 7.24. The number of carbonyl (C=O) groups excluding carboxylic acids is 2. The normalized spacial score (nSPS) is 17.8. The molecular formula is C14H25NO4. The Hall–Kier alpha value is -1.10. The van der Waals surface area contributed by atoms with Crippen LogP contribution in [-0.4, -0.2) is 25.1 Å². The molecule has 1 aliphatic carbocycles. The lowest BCUT2D eigenvalue weighted by atomic mass is 9.72. The molecule has 0 aromatic heterocycles. The molecule has 5 nitrogen and oxygen atoms in total. The van der Waals surface area contributed by atoms with Gasteiger partial charge in [-0.25, -0.2) is 4.79 Å². The molecular weight excluding hydrogens is 246 g/mol. The number of rotatable bonds is 7. The fraction of sp³-hybridized carbons (Fsp3) is 0.857. The highest BCUT2D eigenvalue weighted by Gasteiger charge is 2.39. The summed E-state index contributed by atoms with van der Waals surface area (Å²) in [5, 5.41) is 0. The summed E-state index contributed by atoms with van der Waals surface area (Å²) < 4.78 is 4.79. The van der Waals surface area contributed by atoms with Gasteiger partial charge >= 0.3 is 11.9 Å². The molecule has 0 unspecified atom stereocenters. The number of ether oxygens (including phenoxy) is 1. The Morgan fingerprint density at radius 2 is 1.84 bits per heavy atom. The summed E-state index contributed by atoms with van der Waals surface area (Å²) >= 11 is 0. The lowest BCUT2D eigenvalue weighted by Crippen LogP contribution is -2.38. The van der Waals surface area contributed by atoms with Crippen molar-refractivity contribution in [1.29, 1.82) is 0 Å². The van der Waals surface area contributed by atoms with Crippen LogP contribution in [-0.2, 0) is 19.2 Å². The standard InChI is InChI=1S/C14H25NO4/c1-3-14(9-6-5-7-10-14)13(17)19-15-11-8-12(16)18-4-2/h15H,3-11H2,1-2H3. The van der Waals surface area contributed by atoms with E-state index in [2.05, 4.69) is 5.48 Å². The Kier molecular flexibility index (Phi) is 6.84. The van der Waals surface area contributed by atoms with Gasteiger partial charge in [0.15, 0.2) is 0 Å². The monoisotopic (exact) mass is 271 g/mol. The molecule has 1 saturated carbocycles. The van der Waals surface area contributed by atoms with Crippen LogP contribution in [0.4, 0.5) is 0 Å². The van der Waals surface area contributed by atoms with Crippen molar-refractivity contribution in [3.63, 3.8) is 0 Å². The summed E-state index contributed by atoms with van der Waals surface area (Å²) in [6.45, 7) is 4.46. The van der Waals surface area contributed by atoms with E-state index in [1.807, 2.05) is 6.92 Å². The van der Waals surface area contributed by atoms with Crippen molar-refractivity contribution < 1.29 is 19.2 Å². The molecule has 110 valence electrons. The van der Waals surface area contributed by atoms with Gasteiger partial charge in [-0.1, -0.05) is 26.2 Å². The van der Waals surface area contributed by atoms with Gasteiger partial charge in [0.25, 0.3) is 0 Å². The third-order valence-corrected chi connectivity index (χ3v) is 3.82. The van der Waals surface area contributed by atoms with Crippen molar-refractivity contribution in [3.05, 3.63) is 0 Å². The molecule has 0 atom stereocenters. The number of carbonyl (C=O) groups is 2. The fourth-order valence-electron chi connectivity index (χ4n) is 2.54. The number of nitrogens with one attached hydrogen (secondary N) is 1. The summed E-state index contributed by atoms with van der Waals surface area (Å²) in [5.41, 5.74) is 2.26. The molecule has 0 heterocycles. The zero-order valence-electron chi connectivity index (χ0n) is 12.0. The molecule has 19 heavy (non-hydrogen) atoms. The van der Waals surface area contributed by atoms with Gasteiger partial charge in [-0.15, -0.1) is 0 Å². The van der Waals surface area contributed by atoms with Crippen LogP contribution in [0.25, 0.3) is 0 Å². The second-order valence-corrected chi connectivity index (χ2v) is 5.03. The van der Waals surface area contributed by atoms with E-state index in [0.717, 1.165) is 32.1 Å². The van der Waals surface area contributed by atoms with Crippen molar-refractivity contribution in [3.8, 4) is 0 Å². The molecule has 0 radical (unpaired) electrons. The highest BCUT2D eigenvalue weighted by Crippen LogP contribution is 2.39. The topological polar surface area (TPSA) is 64.6 Å². The zero-order valence-corrected chi connectivity index (χ0v) is 12.0. The lowest BCUT2D eigenvalue weighted by Gasteiger charge is -2.33. The number of esters is 1. The van der Waals surface area contributed by atoms with Gasteiger partial charge in [-0.05, 0) is 26.2 Å². The molecule has 0 saturated heterocycles. The van der Waals surface area contributed by atoms with Crippen LogP contribution in [0.15, 0.2) is 0 Å². The average molecular weight is 271 g/mol. The predicted molar refractivity (Wildman–Crippen MR) is 71.2 cm³/mol. The molecule has 0 aromatic carbocycles. The Bertz CT molecular complexity index is 298. The van der Waals surface area contributed by atoms with Crippen LogP contribution in [0.2, 0.25) is 0 Å². The summed E-state index contributed by atoms with van der Waals surface area (Å²) in [4.78, 5) is 28.3. The summed E-state index contributed by atoms with van der Waals surface area (Å²) in [7, 11) is 0. The predicted octanol–water partition coefficient (Wildman–Crippen LogP) is 2.35. The van der Waals surface area contributed by atoms with Crippen LogP contribution < -0.4 is 5.48 Å². The van der Waals surface area contributed by atoms with Crippen molar-refractivity contribution >= 4 is 11.9 Å². The molecule has 1 aliphatic rings. The second kappa shape index (κ2) is 8.15. The summed E-state index contributed by atoms with van der Waals surface area (Å²) in [5.74, 6) is -0.465. The maximum absolute atomic E-state index is 12.1. The first-order chi connectivity index (χ1) is 9.14. The van der Waals surface area contributed by atoms with Gasteiger partial charge in [-0.3, -0.25) is 4.79 Å². The first kappa shape index (κ1) is 16.0. The Labute approximate surface area is 115 Å². The highest BCUT2D eigenvalue weighted by atomic mass is 16.7. The highest BCUT2D eigenvalue weighted by molar-refractivity contribution is 5.76. The minimum absolute atomic E-state index is 0.182. The van der Waals surface area contributed by atoms with Gasteiger partial charge in [0.1, 0.15) is 0 Å². The van der Waals surface area contributed by atoms with Gasteiger partial charge in [-0.2, -0.15) is 5.48 Å². The molecule has 1 N–H and O–H groups in total. The van der Waals surface area contributed by atoms with Crippen LogP contribution in [0.5, 0.6) is 0 Å². The van der Waals surface area contributed by atoms with Gasteiger partial charge in [0.05, 0.1) is 18.4 Å². The molecule has 5 heteroatoms. The number of hydrogen-bond donors (Lipinski definition) is 1. The Balaban J connectivity index is 2.27. The third kappa shape index (κ3) is 4.82. The van der Waals surface area contributed by atoms with E-state index in [0.29, 0.717) is 13.2 Å². The lowest BCUT2D eigenvalue weighted by molar-refractivity contribution is -0.167. The molecule has 0 spiro atoms. The van der Waals surface area contributed by atoms with Crippen LogP contribution in [0.1, 0.15) is 58.8 Å². The average Bonchev–Trinajstić information content (AvgIpc) is 2.44. The van der Waals surface area contributed by atoms with E-state index in [1.54, 1.807) is 6.92 Å². The van der Waals surface area contributed by atoms with Crippen LogP contribution >= 0.6 is 0 Å². The molecule has 0 amide bonds. The van der Waals surface area contributed by atoms with Crippen molar-refractivity contribution in [2.24, 2.45) is 5.41 Å². The van der Waals surface area contributed by atoms with E-state index in [1.165, 1.54) is 6.42 Å². The number of hydroxylamine groups is 1. The summed E-state index contributed by atoms with van der Waals surface area (Å²) in [6.07, 6.45) is 6.21. The Morgan fingerprint density at radius 1 is 1.16 bits per heavy atom. The fourth-order valence-corrected chi connectivity index (χ4v) is 2.54. The summed E-state index contributed by atoms with van der Waals surface area (Å²) in [6, 6.07) is 0. The maximum atomic E-state index is 12.1. The minimum Gasteiger partial charge on any atom is -0.466 e. The quantitative estimate of drug-likeness (QED) is 0.437. The van der Waals surface area contributed by atoms with Crippen LogP contribution in [0.3, 0.4) is 0 Å². The molecule has 1 fully saturated rings. The third-order valence-electron chi connectivity index (χ3n) is 3.82. The van der Waals surface area contributed by atoms with Crippen molar-refractivity contribution in [2.45, 2.75) is 58.8 Å². The van der Waals surface area contributed by atoms with E-state index in [-0.39, 0.29) is 23.8 Å². The molecule has 1 rings (SSSR count). The maximum Gasteiger partial charge on any atom is 0.330 e. The van der Waals surface area contributed by atoms with E-state index < -0.39 is 0 Å². The molecule has 0 aromatic rings. The zero-order chi connectivity index (χ0) is 14.1. The van der Waals surface area contributed by atoms with E-state index >= 15 is 0 Å². The van der Waals surface area contributed by atoms with E-state index in [9.17, 15) is 9.59 Å². The van der Waals surface area contributed by atoms with Crippen molar-refractivity contribution in [2.75, 3.05) is 13.2 Å². The van der Waals surface area contributed by atoms with E-state index in [4.69, 9.17) is 9.57 Å². The number of hydrogen-bond acceptors (Lipinski definition) is 5. The van der Waals surface area contributed by atoms with Gasteiger partial charge < -0.3 is 9.57 Å².